The predicted octanol–water partition coefficient (Wildman–Crippen LogP) is 2.77. The van der Waals surface area contributed by atoms with Gasteiger partial charge in [0.25, 0.3) is 0 Å². The van der Waals surface area contributed by atoms with Crippen LogP contribution in [-0.2, 0) is 6.54 Å². The van der Waals surface area contributed by atoms with Crippen molar-refractivity contribution in [2.45, 2.75) is 45.7 Å². The Morgan fingerprint density at radius 3 is 2.62 bits per heavy atom. The van der Waals surface area contributed by atoms with Crippen LogP contribution >= 0.6 is 0 Å². The molecule has 0 fully saturated rings. The van der Waals surface area contributed by atoms with Gasteiger partial charge < -0.3 is 15.5 Å². The Balaban J connectivity index is 2.56. The molecule has 1 aromatic carbocycles. The molecule has 0 aliphatic rings. The van der Waals surface area contributed by atoms with E-state index in [1.165, 1.54) is 6.07 Å². The maximum Gasteiger partial charge on any atom is 0.161 e. The van der Waals surface area contributed by atoms with Crippen LogP contribution in [0.1, 0.15) is 38.7 Å². The Morgan fingerprint density at radius 1 is 1.25 bits per heavy atom. The molecule has 0 radical (unpaired) electrons. The Hall–Kier alpha value is -1.22. The van der Waals surface area contributed by atoms with E-state index < -0.39 is 0 Å². The fraction of sp³-hybridized carbons (Fsp3) is 0.538. The Kier molecular flexibility index (Phi) is 5.12. The highest BCUT2D eigenvalue weighted by atomic mass is 16.3. The van der Waals surface area contributed by atoms with Gasteiger partial charge in [0, 0.05) is 18.2 Å². The molecule has 3 nitrogen and oxygen atoms in total. The first-order chi connectivity index (χ1) is 7.69. The van der Waals surface area contributed by atoms with Crippen LogP contribution in [0.25, 0.3) is 0 Å². The molecule has 3 heteroatoms. The molecule has 0 aromatic heterocycles. The van der Waals surface area contributed by atoms with E-state index in [4.69, 9.17) is 0 Å². The smallest absolute Gasteiger partial charge is 0.161 e. The lowest BCUT2D eigenvalue weighted by Gasteiger charge is -2.16. The van der Waals surface area contributed by atoms with Crippen LogP contribution in [-0.4, -0.2) is 16.3 Å². The van der Waals surface area contributed by atoms with Gasteiger partial charge in [-0.2, -0.15) is 0 Å². The zero-order valence-corrected chi connectivity index (χ0v) is 10.0. The lowest BCUT2D eigenvalue weighted by Crippen LogP contribution is -2.27. The monoisotopic (exact) mass is 223 g/mol. The molecule has 1 unspecified atom stereocenters. The first kappa shape index (κ1) is 12.8. The van der Waals surface area contributed by atoms with E-state index in [9.17, 15) is 10.2 Å². The van der Waals surface area contributed by atoms with Gasteiger partial charge in [-0.25, -0.2) is 0 Å². The van der Waals surface area contributed by atoms with Crippen LogP contribution in [0.4, 0.5) is 0 Å². The Labute approximate surface area is 97.1 Å². The summed E-state index contributed by atoms with van der Waals surface area (Å²) in [4.78, 5) is 0. The minimum atomic E-state index is -0.0529. The van der Waals surface area contributed by atoms with Gasteiger partial charge in [-0.1, -0.05) is 32.4 Å². The van der Waals surface area contributed by atoms with Crippen molar-refractivity contribution in [3.05, 3.63) is 23.8 Å². The highest BCUT2D eigenvalue weighted by molar-refractivity contribution is 5.44. The summed E-state index contributed by atoms with van der Waals surface area (Å²) in [6.07, 6.45) is 3.36. The lowest BCUT2D eigenvalue weighted by atomic mass is 10.1. The maximum absolute atomic E-state index is 9.62. The number of aromatic hydroxyl groups is 2. The summed E-state index contributed by atoms with van der Waals surface area (Å²) >= 11 is 0. The number of phenols is 2. The van der Waals surface area contributed by atoms with Crippen molar-refractivity contribution >= 4 is 0 Å². The molecule has 0 heterocycles. The van der Waals surface area contributed by atoms with Crippen molar-refractivity contribution in [3.8, 4) is 11.5 Å². The Morgan fingerprint density at radius 2 is 2.00 bits per heavy atom. The van der Waals surface area contributed by atoms with Gasteiger partial charge in [-0.3, -0.25) is 0 Å². The van der Waals surface area contributed by atoms with Crippen molar-refractivity contribution in [2.75, 3.05) is 0 Å². The number of para-hydroxylation sites is 1. The number of phenolic OH excluding ortho intramolecular Hbond substituents is 2. The second-order valence-corrected chi connectivity index (χ2v) is 4.06. The summed E-state index contributed by atoms with van der Waals surface area (Å²) in [5.41, 5.74) is 0.745. The number of nitrogens with one attached hydrogen (secondary N) is 1. The van der Waals surface area contributed by atoms with Crippen LogP contribution in [0.15, 0.2) is 18.2 Å². The average Bonchev–Trinajstić information content (AvgIpc) is 2.29. The highest BCUT2D eigenvalue weighted by Crippen LogP contribution is 2.28. The molecule has 1 aromatic rings. The first-order valence-corrected chi connectivity index (χ1v) is 5.92. The molecule has 90 valence electrons. The minimum absolute atomic E-state index is 0.0126. The summed E-state index contributed by atoms with van der Waals surface area (Å²) in [6.45, 7) is 4.91. The molecule has 0 bridgehead atoms. The number of hydrogen-bond donors (Lipinski definition) is 3. The van der Waals surface area contributed by atoms with E-state index in [-0.39, 0.29) is 11.5 Å². The van der Waals surface area contributed by atoms with Crippen molar-refractivity contribution < 1.29 is 10.2 Å². The van der Waals surface area contributed by atoms with Crippen molar-refractivity contribution in [1.82, 2.24) is 5.32 Å². The fourth-order valence-corrected chi connectivity index (χ4v) is 1.77. The first-order valence-electron chi connectivity index (χ1n) is 5.92. The number of benzene rings is 1. The fourth-order valence-electron chi connectivity index (χ4n) is 1.77. The van der Waals surface area contributed by atoms with Gasteiger partial charge >= 0.3 is 0 Å². The van der Waals surface area contributed by atoms with Gasteiger partial charge in [-0.05, 0) is 18.9 Å². The SMILES string of the molecule is CCCC(CC)NCc1cccc(O)c1O. The molecule has 1 rings (SSSR count). The van der Waals surface area contributed by atoms with E-state index in [2.05, 4.69) is 19.2 Å². The van der Waals surface area contributed by atoms with E-state index in [0.29, 0.717) is 12.6 Å². The number of hydrogen-bond acceptors (Lipinski definition) is 3. The van der Waals surface area contributed by atoms with E-state index in [1.807, 2.05) is 6.07 Å². The van der Waals surface area contributed by atoms with Gasteiger partial charge in [0.05, 0.1) is 0 Å². The van der Waals surface area contributed by atoms with Gasteiger partial charge in [0.2, 0.25) is 0 Å². The summed E-state index contributed by atoms with van der Waals surface area (Å²) < 4.78 is 0. The van der Waals surface area contributed by atoms with Crippen molar-refractivity contribution in [3.63, 3.8) is 0 Å². The quantitative estimate of drug-likeness (QED) is 0.650. The largest absolute Gasteiger partial charge is 0.504 e. The minimum Gasteiger partial charge on any atom is -0.504 e. The molecule has 1 atom stereocenters. The normalized spacial score (nSPS) is 12.6. The van der Waals surface area contributed by atoms with Crippen LogP contribution in [0.2, 0.25) is 0 Å². The highest BCUT2D eigenvalue weighted by Gasteiger charge is 2.08. The van der Waals surface area contributed by atoms with E-state index >= 15 is 0 Å². The standard InChI is InChI=1S/C13H21NO2/c1-3-6-11(4-2)14-9-10-7-5-8-12(15)13(10)16/h5,7-8,11,14-16H,3-4,6,9H2,1-2H3. The van der Waals surface area contributed by atoms with Gasteiger partial charge in [0.15, 0.2) is 11.5 Å². The number of rotatable bonds is 6. The third kappa shape index (κ3) is 3.42. The van der Waals surface area contributed by atoms with Crippen molar-refractivity contribution in [2.24, 2.45) is 0 Å². The van der Waals surface area contributed by atoms with Gasteiger partial charge in [0.1, 0.15) is 0 Å². The van der Waals surface area contributed by atoms with Gasteiger partial charge in [-0.15, -0.1) is 0 Å². The molecule has 0 saturated carbocycles. The maximum atomic E-state index is 9.62. The average molecular weight is 223 g/mol. The molecule has 3 N–H and O–H groups in total. The van der Waals surface area contributed by atoms with Crippen LogP contribution in [0.5, 0.6) is 11.5 Å². The predicted molar refractivity (Wildman–Crippen MR) is 65.6 cm³/mol. The second kappa shape index (κ2) is 6.38. The topological polar surface area (TPSA) is 52.5 Å². The van der Waals surface area contributed by atoms with Crippen LogP contribution in [0, 0.1) is 0 Å². The third-order valence-corrected chi connectivity index (χ3v) is 2.81. The van der Waals surface area contributed by atoms with Crippen LogP contribution < -0.4 is 5.32 Å². The summed E-state index contributed by atoms with van der Waals surface area (Å²) in [5.74, 6) is -0.0656. The molecule has 16 heavy (non-hydrogen) atoms. The molecule has 0 spiro atoms. The summed E-state index contributed by atoms with van der Waals surface area (Å²) in [7, 11) is 0. The summed E-state index contributed by atoms with van der Waals surface area (Å²) in [6, 6.07) is 5.53. The van der Waals surface area contributed by atoms with E-state index in [0.717, 1.165) is 24.8 Å². The zero-order valence-electron chi connectivity index (χ0n) is 10.0. The van der Waals surface area contributed by atoms with Crippen molar-refractivity contribution in [1.29, 1.82) is 0 Å². The molecular weight excluding hydrogens is 202 g/mol. The third-order valence-electron chi connectivity index (χ3n) is 2.81. The molecule has 0 saturated heterocycles. The molecular formula is C13H21NO2. The Bertz CT molecular complexity index is 326. The molecule has 0 amide bonds. The van der Waals surface area contributed by atoms with Crippen LogP contribution in [0.3, 0.4) is 0 Å². The zero-order chi connectivity index (χ0) is 12.0. The molecule has 0 aliphatic carbocycles. The second-order valence-electron chi connectivity index (χ2n) is 4.06. The lowest BCUT2D eigenvalue weighted by molar-refractivity contribution is 0.393. The molecule has 0 aliphatic heterocycles. The van der Waals surface area contributed by atoms with E-state index in [1.54, 1.807) is 6.07 Å². The summed E-state index contributed by atoms with van der Waals surface area (Å²) in [5, 5.41) is 22.4.